The van der Waals surface area contributed by atoms with Gasteiger partial charge in [-0.05, 0) is 12.5 Å². The predicted octanol–water partition coefficient (Wildman–Crippen LogP) is 1.87. The fourth-order valence-corrected chi connectivity index (χ4v) is 0.529. The minimum Gasteiger partial charge on any atom is -0.512 e. The molecule has 0 unspecified atom stereocenters. The molecule has 0 rings (SSSR count). The third-order valence-corrected chi connectivity index (χ3v) is 0.993. The van der Waals surface area contributed by atoms with E-state index in [2.05, 4.69) is 0 Å². The number of aliphatic carboxylic acids is 1. The average molecular weight is 156 g/mol. The second-order valence-electron chi connectivity index (χ2n) is 2.06. The van der Waals surface area contributed by atoms with Crippen LogP contribution in [-0.2, 0) is 4.79 Å². The van der Waals surface area contributed by atoms with Crippen LogP contribution in [0.25, 0.3) is 0 Å². The summed E-state index contributed by atoms with van der Waals surface area (Å²) >= 11 is 0. The minimum absolute atomic E-state index is 0.123. The number of rotatable bonds is 4. The largest absolute Gasteiger partial charge is 0.512 e. The summed E-state index contributed by atoms with van der Waals surface area (Å²) in [5, 5.41) is 17.1. The van der Waals surface area contributed by atoms with Gasteiger partial charge in [0, 0.05) is 0 Å². The SMILES string of the molecule is CCC=CC=C(O)CC(=O)O. The maximum Gasteiger partial charge on any atom is 0.311 e. The van der Waals surface area contributed by atoms with E-state index in [9.17, 15) is 4.79 Å². The Morgan fingerprint density at radius 1 is 1.45 bits per heavy atom. The molecule has 3 heteroatoms. The van der Waals surface area contributed by atoms with Gasteiger partial charge in [0.15, 0.2) is 0 Å². The van der Waals surface area contributed by atoms with Crippen LogP contribution in [0.15, 0.2) is 24.0 Å². The zero-order valence-corrected chi connectivity index (χ0v) is 6.45. The lowest BCUT2D eigenvalue weighted by molar-refractivity contribution is -0.136. The maximum absolute atomic E-state index is 10.0. The highest BCUT2D eigenvalue weighted by Gasteiger charge is 1.98. The molecule has 2 N–H and O–H groups in total. The Labute approximate surface area is 65.7 Å². The van der Waals surface area contributed by atoms with Crippen LogP contribution in [0.2, 0.25) is 0 Å². The van der Waals surface area contributed by atoms with Crippen LogP contribution in [-0.4, -0.2) is 16.2 Å². The van der Waals surface area contributed by atoms with Gasteiger partial charge in [0.2, 0.25) is 0 Å². The molecule has 0 saturated carbocycles. The molecule has 0 saturated heterocycles. The first-order valence-electron chi connectivity index (χ1n) is 3.43. The van der Waals surface area contributed by atoms with Crippen molar-refractivity contribution in [2.75, 3.05) is 0 Å². The second-order valence-corrected chi connectivity index (χ2v) is 2.06. The lowest BCUT2D eigenvalue weighted by Crippen LogP contribution is -1.95. The molecule has 0 aromatic rings. The Hall–Kier alpha value is -1.25. The van der Waals surface area contributed by atoms with E-state index in [1.54, 1.807) is 6.08 Å². The van der Waals surface area contributed by atoms with Crippen LogP contribution in [0.1, 0.15) is 19.8 Å². The van der Waals surface area contributed by atoms with Crippen molar-refractivity contribution in [2.45, 2.75) is 19.8 Å². The van der Waals surface area contributed by atoms with E-state index in [0.717, 1.165) is 6.42 Å². The highest BCUT2D eigenvalue weighted by Crippen LogP contribution is 1.96. The number of hydrogen-bond acceptors (Lipinski definition) is 2. The van der Waals surface area contributed by atoms with Crippen LogP contribution in [0.4, 0.5) is 0 Å². The number of carboxylic acids is 1. The van der Waals surface area contributed by atoms with Crippen molar-refractivity contribution in [2.24, 2.45) is 0 Å². The van der Waals surface area contributed by atoms with Gasteiger partial charge in [-0.3, -0.25) is 4.79 Å². The van der Waals surface area contributed by atoms with Crippen molar-refractivity contribution < 1.29 is 15.0 Å². The molecule has 0 fully saturated rings. The standard InChI is InChI=1S/C8H12O3/c1-2-3-4-5-7(9)6-8(10)11/h3-5,9H,2,6H2,1H3,(H,10,11). The molecule has 0 aliphatic carbocycles. The normalized spacial score (nSPS) is 12.3. The van der Waals surface area contributed by atoms with Crippen molar-refractivity contribution in [3.63, 3.8) is 0 Å². The number of allylic oxidation sites excluding steroid dienone is 3. The van der Waals surface area contributed by atoms with Crippen LogP contribution in [0.5, 0.6) is 0 Å². The molecule has 0 radical (unpaired) electrons. The first-order chi connectivity index (χ1) is 5.16. The summed E-state index contributed by atoms with van der Waals surface area (Å²) in [6.45, 7) is 1.96. The van der Waals surface area contributed by atoms with Crippen molar-refractivity contribution in [1.82, 2.24) is 0 Å². The predicted molar refractivity (Wildman–Crippen MR) is 42.4 cm³/mol. The van der Waals surface area contributed by atoms with Crippen LogP contribution in [0.3, 0.4) is 0 Å². The molecular formula is C8H12O3. The molecule has 11 heavy (non-hydrogen) atoms. The Balaban J connectivity index is 3.81. The fraction of sp³-hybridized carbons (Fsp3) is 0.375. The zero-order chi connectivity index (χ0) is 8.69. The van der Waals surface area contributed by atoms with Gasteiger partial charge in [0.05, 0.1) is 0 Å². The highest BCUT2D eigenvalue weighted by molar-refractivity contribution is 5.69. The second kappa shape index (κ2) is 5.53. The van der Waals surface area contributed by atoms with Gasteiger partial charge in [-0.1, -0.05) is 19.1 Å². The summed E-state index contributed by atoms with van der Waals surface area (Å²) in [5.41, 5.74) is 0. The van der Waals surface area contributed by atoms with Crippen molar-refractivity contribution in [3.8, 4) is 0 Å². The van der Waals surface area contributed by atoms with E-state index in [-0.39, 0.29) is 12.2 Å². The average Bonchev–Trinajstić information content (AvgIpc) is 1.86. The lowest BCUT2D eigenvalue weighted by atomic mass is 10.3. The molecule has 0 amide bonds. The Morgan fingerprint density at radius 3 is 2.55 bits per heavy atom. The Kier molecular flexibility index (Phi) is 4.90. The molecule has 0 bridgehead atoms. The number of aliphatic hydroxyl groups excluding tert-OH is 1. The van der Waals surface area contributed by atoms with E-state index < -0.39 is 5.97 Å². The van der Waals surface area contributed by atoms with Crippen LogP contribution < -0.4 is 0 Å². The number of carbonyl (C=O) groups is 1. The molecule has 0 heterocycles. The quantitative estimate of drug-likeness (QED) is 0.482. The monoisotopic (exact) mass is 156 g/mol. The minimum atomic E-state index is -1.02. The number of hydrogen-bond donors (Lipinski definition) is 2. The van der Waals surface area contributed by atoms with Crippen molar-refractivity contribution in [3.05, 3.63) is 24.0 Å². The Morgan fingerprint density at radius 2 is 2.09 bits per heavy atom. The summed E-state index contributed by atoms with van der Waals surface area (Å²) < 4.78 is 0. The molecule has 0 aliphatic rings. The van der Waals surface area contributed by atoms with Gasteiger partial charge in [-0.2, -0.15) is 0 Å². The van der Waals surface area contributed by atoms with Gasteiger partial charge in [0.1, 0.15) is 12.2 Å². The van der Waals surface area contributed by atoms with Crippen LogP contribution in [0, 0.1) is 0 Å². The van der Waals surface area contributed by atoms with Gasteiger partial charge < -0.3 is 10.2 Å². The van der Waals surface area contributed by atoms with E-state index >= 15 is 0 Å². The lowest BCUT2D eigenvalue weighted by Gasteiger charge is -1.90. The highest BCUT2D eigenvalue weighted by atomic mass is 16.4. The summed E-state index contributed by atoms with van der Waals surface area (Å²) in [5.74, 6) is -1.15. The first kappa shape index (κ1) is 9.75. The summed E-state index contributed by atoms with van der Waals surface area (Å²) in [6.07, 6.45) is 5.42. The summed E-state index contributed by atoms with van der Waals surface area (Å²) in [4.78, 5) is 10.0. The van der Waals surface area contributed by atoms with Gasteiger partial charge in [0.25, 0.3) is 0 Å². The molecule has 0 aliphatic heterocycles. The smallest absolute Gasteiger partial charge is 0.311 e. The van der Waals surface area contributed by atoms with E-state index in [4.69, 9.17) is 10.2 Å². The van der Waals surface area contributed by atoms with Crippen molar-refractivity contribution >= 4 is 5.97 Å². The topological polar surface area (TPSA) is 57.5 Å². The molecule has 3 nitrogen and oxygen atoms in total. The molecule has 0 aromatic heterocycles. The van der Waals surface area contributed by atoms with Crippen molar-refractivity contribution in [1.29, 1.82) is 0 Å². The fourth-order valence-electron chi connectivity index (χ4n) is 0.529. The number of carboxylic acid groups (broad SMARTS) is 1. The van der Waals surface area contributed by atoms with Crippen LogP contribution >= 0.6 is 0 Å². The van der Waals surface area contributed by atoms with Gasteiger partial charge in [-0.25, -0.2) is 0 Å². The van der Waals surface area contributed by atoms with Gasteiger partial charge in [-0.15, -0.1) is 0 Å². The van der Waals surface area contributed by atoms with E-state index in [1.807, 2.05) is 13.0 Å². The molecular weight excluding hydrogens is 144 g/mol. The zero-order valence-electron chi connectivity index (χ0n) is 6.45. The Bertz CT molecular complexity index is 180. The number of aliphatic hydroxyl groups is 1. The maximum atomic E-state index is 10.0. The molecule has 62 valence electrons. The van der Waals surface area contributed by atoms with E-state index in [0.29, 0.717) is 0 Å². The molecule has 0 atom stereocenters. The summed E-state index contributed by atoms with van der Waals surface area (Å²) in [7, 11) is 0. The van der Waals surface area contributed by atoms with E-state index in [1.165, 1.54) is 6.08 Å². The summed E-state index contributed by atoms with van der Waals surface area (Å²) in [6, 6.07) is 0. The van der Waals surface area contributed by atoms with Gasteiger partial charge >= 0.3 is 5.97 Å². The third-order valence-electron chi connectivity index (χ3n) is 0.993. The molecule has 0 spiro atoms. The first-order valence-corrected chi connectivity index (χ1v) is 3.43. The third kappa shape index (κ3) is 6.64. The molecule has 0 aromatic carbocycles.